The van der Waals surface area contributed by atoms with Crippen molar-refractivity contribution in [1.29, 1.82) is 0 Å². The maximum Gasteiger partial charge on any atom is 0.461 e. The second-order valence-electron chi connectivity index (χ2n) is 8.19. The van der Waals surface area contributed by atoms with Crippen molar-refractivity contribution in [2.24, 2.45) is 5.18 Å². The zero-order valence-corrected chi connectivity index (χ0v) is 19.6. The first-order valence-corrected chi connectivity index (χ1v) is 10.9. The summed E-state index contributed by atoms with van der Waals surface area (Å²) in [5.41, 5.74) is -2.61. The molecule has 1 amide bonds. The minimum Gasteiger partial charge on any atom is -0.510 e. The monoisotopic (exact) mass is 538 g/mol. The van der Waals surface area contributed by atoms with Crippen molar-refractivity contribution in [2.75, 3.05) is 0 Å². The molecule has 0 saturated heterocycles. The zero-order chi connectivity index (χ0) is 28.1. The average Bonchev–Trinajstić information content (AvgIpc) is 2.84. The van der Waals surface area contributed by atoms with E-state index in [0.717, 1.165) is 31.2 Å². The number of allylic oxidation sites excluding steroid dienone is 1. The molecule has 3 aromatic rings. The summed E-state index contributed by atoms with van der Waals surface area (Å²) in [5, 5.41) is 14.7. The van der Waals surface area contributed by atoms with E-state index in [1.165, 1.54) is 12.1 Å². The van der Waals surface area contributed by atoms with Crippen molar-refractivity contribution in [3.8, 4) is 5.75 Å². The highest BCUT2D eigenvalue weighted by molar-refractivity contribution is 5.94. The van der Waals surface area contributed by atoms with Crippen LogP contribution < -0.4 is 10.1 Å². The molecular formula is C26H20F6N2O4. The van der Waals surface area contributed by atoms with E-state index < -0.39 is 52.8 Å². The van der Waals surface area contributed by atoms with Crippen molar-refractivity contribution in [3.63, 3.8) is 0 Å². The molecule has 0 radical (unpaired) electrons. The maximum atomic E-state index is 14.7. The Hall–Kier alpha value is -4.35. The van der Waals surface area contributed by atoms with E-state index in [0.29, 0.717) is 11.6 Å². The van der Waals surface area contributed by atoms with Gasteiger partial charge in [-0.1, -0.05) is 42.5 Å². The lowest BCUT2D eigenvalue weighted by Gasteiger charge is -2.37. The number of nitrogens with one attached hydrogen (secondary N) is 1. The molecule has 6 nitrogen and oxygen atoms in total. The Morgan fingerprint density at radius 2 is 1.61 bits per heavy atom. The summed E-state index contributed by atoms with van der Waals surface area (Å²) >= 11 is 0. The highest BCUT2D eigenvalue weighted by Gasteiger charge is 2.45. The molecule has 0 spiro atoms. The number of hydrogen-bond donors (Lipinski definition) is 2. The van der Waals surface area contributed by atoms with Gasteiger partial charge >= 0.3 is 12.5 Å². The first-order chi connectivity index (χ1) is 17.9. The first-order valence-electron chi connectivity index (χ1n) is 10.9. The van der Waals surface area contributed by atoms with Gasteiger partial charge in [-0.2, -0.15) is 17.6 Å². The molecule has 3 rings (SSSR count). The molecule has 0 aliphatic heterocycles. The Balaban J connectivity index is 2.32. The molecule has 12 heteroatoms. The van der Waals surface area contributed by atoms with Gasteiger partial charge in [0.2, 0.25) is 5.70 Å². The van der Waals surface area contributed by atoms with E-state index in [9.17, 15) is 41.2 Å². The van der Waals surface area contributed by atoms with Crippen molar-refractivity contribution >= 4 is 5.91 Å². The number of benzene rings is 3. The Labute approximate surface area is 212 Å². The van der Waals surface area contributed by atoms with Crippen LogP contribution in [0.1, 0.15) is 23.6 Å². The number of carbonyl (C=O) groups is 1. The number of aliphatic hydroxyl groups is 1. The number of aliphatic hydroxyl groups excluding tert-OH is 1. The normalized spacial score (nSPS) is 13.9. The fraction of sp³-hybridized carbons (Fsp3) is 0.192. The topological polar surface area (TPSA) is 88.0 Å². The summed E-state index contributed by atoms with van der Waals surface area (Å²) in [6.45, 7) is 1.01. The molecule has 0 fully saturated rings. The molecule has 0 aromatic heterocycles. The maximum absolute atomic E-state index is 14.7. The second kappa shape index (κ2) is 11.4. The Bertz CT molecular complexity index is 1330. The molecule has 0 bridgehead atoms. The van der Waals surface area contributed by atoms with Crippen LogP contribution in [-0.4, -0.2) is 23.5 Å². The SMILES string of the molecule is CC(O)=C(N=O)C(=O)NC(Cc1ccccc1)(c1ccc(F)cc1)c1cc(F)cc(OC(F)(F)C(F)F)c1. The van der Waals surface area contributed by atoms with Gasteiger partial charge in [0, 0.05) is 12.5 Å². The van der Waals surface area contributed by atoms with Gasteiger partial charge in [0.1, 0.15) is 23.1 Å². The van der Waals surface area contributed by atoms with Crippen LogP contribution in [0.2, 0.25) is 0 Å². The summed E-state index contributed by atoms with van der Waals surface area (Å²) in [6, 6.07) is 14.7. The number of ether oxygens (including phenoxy) is 1. The molecule has 38 heavy (non-hydrogen) atoms. The lowest BCUT2D eigenvalue weighted by Crippen LogP contribution is -2.49. The van der Waals surface area contributed by atoms with Gasteiger partial charge in [0.05, 0.1) is 5.54 Å². The van der Waals surface area contributed by atoms with Crippen LogP contribution in [0.15, 0.2) is 89.4 Å². The van der Waals surface area contributed by atoms with Gasteiger partial charge in [-0.25, -0.2) is 8.78 Å². The van der Waals surface area contributed by atoms with Gasteiger partial charge in [-0.15, -0.1) is 4.91 Å². The quantitative estimate of drug-likeness (QED) is 0.136. The molecule has 0 heterocycles. The molecule has 0 saturated carbocycles. The summed E-state index contributed by atoms with van der Waals surface area (Å²) in [5.74, 6) is -4.88. The highest BCUT2D eigenvalue weighted by Crippen LogP contribution is 2.38. The summed E-state index contributed by atoms with van der Waals surface area (Å²) in [6.07, 6.45) is -9.45. The van der Waals surface area contributed by atoms with Crippen LogP contribution in [0.5, 0.6) is 5.75 Å². The number of nitroso groups, excluding NO2 is 1. The minimum absolute atomic E-state index is 0.0779. The first kappa shape index (κ1) is 28.2. The van der Waals surface area contributed by atoms with Crippen molar-refractivity contribution < 1.29 is 41.0 Å². The number of hydrogen-bond acceptors (Lipinski definition) is 5. The minimum atomic E-state index is -4.97. The van der Waals surface area contributed by atoms with Gasteiger partial charge in [0.25, 0.3) is 5.91 Å². The number of halogens is 6. The van der Waals surface area contributed by atoms with E-state index in [-0.39, 0.29) is 17.5 Å². The predicted molar refractivity (Wildman–Crippen MR) is 125 cm³/mol. The molecule has 1 unspecified atom stereocenters. The summed E-state index contributed by atoms with van der Waals surface area (Å²) < 4.78 is 85.5. The fourth-order valence-corrected chi connectivity index (χ4v) is 3.79. The zero-order valence-electron chi connectivity index (χ0n) is 19.6. The molecule has 1 atom stereocenters. The lowest BCUT2D eigenvalue weighted by molar-refractivity contribution is -0.253. The van der Waals surface area contributed by atoms with Crippen LogP contribution in [0.4, 0.5) is 26.3 Å². The molecule has 2 N–H and O–H groups in total. The number of amides is 1. The van der Waals surface area contributed by atoms with E-state index in [1.54, 1.807) is 30.3 Å². The third kappa shape index (κ3) is 6.31. The molecule has 200 valence electrons. The van der Waals surface area contributed by atoms with E-state index in [4.69, 9.17) is 0 Å². The van der Waals surface area contributed by atoms with Gasteiger partial charge in [-0.05, 0) is 53.1 Å². The van der Waals surface area contributed by atoms with Crippen LogP contribution in [0, 0.1) is 16.5 Å². The second-order valence-corrected chi connectivity index (χ2v) is 8.19. The van der Waals surface area contributed by atoms with Crippen LogP contribution in [-0.2, 0) is 16.8 Å². The predicted octanol–water partition coefficient (Wildman–Crippen LogP) is 6.36. The van der Waals surface area contributed by atoms with Crippen molar-refractivity contribution in [2.45, 2.75) is 31.4 Å². The number of alkyl halides is 4. The van der Waals surface area contributed by atoms with Gasteiger partial charge in [-0.3, -0.25) is 4.79 Å². The van der Waals surface area contributed by atoms with Crippen LogP contribution in [0.3, 0.4) is 0 Å². The Kier molecular flexibility index (Phi) is 8.44. The molecular weight excluding hydrogens is 518 g/mol. The van der Waals surface area contributed by atoms with Crippen molar-refractivity contribution in [3.05, 3.63) is 117 Å². The third-order valence-electron chi connectivity index (χ3n) is 5.50. The Morgan fingerprint density at radius 1 is 0.974 bits per heavy atom. The van der Waals surface area contributed by atoms with Gasteiger partial charge in [0.15, 0.2) is 0 Å². The Morgan fingerprint density at radius 3 is 2.16 bits per heavy atom. The molecule has 3 aromatic carbocycles. The lowest BCUT2D eigenvalue weighted by atomic mass is 9.77. The van der Waals surface area contributed by atoms with E-state index in [1.807, 2.05) is 0 Å². The average molecular weight is 538 g/mol. The van der Waals surface area contributed by atoms with Gasteiger partial charge < -0.3 is 15.2 Å². The number of rotatable bonds is 10. The van der Waals surface area contributed by atoms with E-state index >= 15 is 0 Å². The van der Waals surface area contributed by atoms with Crippen LogP contribution >= 0.6 is 0 Å². The molecule has 0 aliphatic carbocycles. The molecule has 0 aliphatic rings. The standard InChI is InChI=1S/C26H20F6N2O4/c1-15(35)22(34-37)23(36)33-25(14-16-5-3-2-4-6-16,17-7-9-19(27)10-8-17)18-11-20(28)13-21(12-18)38-26(31,32)24(29)30/h2-13,24,35H,14H2,1H3,(H,33,36). The summed E-state index contributed by atoms with van der Waals surface area (Å²) in [4.78, 5) is 24.3. The third-order valence-corrected chi connectivity index (χ3v) is 5.50. The number of carbonyl (C=O) groups excluding carboxylic acids is 1. The number of nitrogens with zero attached hydrogens (tertiary/aromatic N) is 1. The van der Waals surface area contributed by atoms with Crippen LogP contribution in [0.25, 0.3) is 0 Å². The highest BCUT2D eigenvalue weighted by atomic mass is 19.3. The summed E-state index contributed by atoms with van der Waals surface area (Å²) in [7, 11) is 0. The van der Waals surface area contributed by atoms with Crippen molar-refractivity contribution in [1.82, 2.24) is 5.32 Å². The smallest absolute Gasteiger partial charge is 0.461 e. The van der Waals surface area contributed by atoms with E-state index in [2.05, 4.69) is 15.2 Å². The fourth-order valence-electron chi connectivity index (χ4n) is 3.79. The largest absolute Gasteiger partial charge is 0.510 e.